The van der Waals surface area contributed by atoms with E-state index in [1.165, 1.54) is 45.4 Å². The van der Waals surface area contributed by atoms with Crippen LogP contribution in [0.4, 0.5) is 36.4 Å². The molecule has 1 amide bonds. The fourth-order valence-corrected chi connectivity index (χ4v) is 5.90. The number of benzene rings is 2. The average Bonchev–Trinajstić information content (AvgIpc) is 3.06. The number of fused-ring (bicyclic) bond motifs is 1. The maximum atomic E-state index is 15.4. The van der Waals surface area contributed by atoms with E-state index in [2.05, 4.69) is 10.3 Å². The molecule has 1 fully saturated rings. The number of nitrogens with one attached hydrogen (secondary N) is 1. The summed E-state index contributed by atoms with van der Waals surface area (Å²) in [5.74, 6) is -3.47. The number of alkyl halides is 6. The zero-order chi connectivity index (χ0) is 37.4. The molecule has 5 rings (SSSR count). The van der Waals surface area contributed by atoms with Crippen LogP contribution in [0, 0.1) is 12.7 Å². The first-order valence-corrected chi connectivity index (χ1v) is 15.4. The van der Waals surface area contributed by atoms with Gasteiger partial charge in [-0.15, -0.1) is 0 Å². The van der Waals surface area contributed by atoms with Gasteiger partial charge in [-0.2, -0.15) is 26.3 Å². The van der Waals surface area contributed by atoms with Gasteiger partial charge < -0.3 is 19.7 Å². The van der Waals surface area contributed by atoms with Gasteiger partial charge in [-0.1, -0.05) is 6.07 Å². The Bertz CT molecular complexity index is 2090. The Kier molecular flexibility index (Phi) is 10.3. The predicted molar refractivity (Wildman–Crippen MR) is 168 cm³/mol. The normalized spacial score (nSPS) is 15.9. The van der Waals surface area contributed by atoms with Crippen molar-refractivity contribution in [1.29, 1.82) is 0 Å². The zero-order valence-electron chi connectivity index (χ0n) is 27.2. The summed E-state index contributed by atoms with van der Waals surface area (Å²) in [6.45, 7) is 1.57. The predicted octanol–water partition coefficient (Wildman–Crippen LogP) is 4.22. The maximum absolute atomic E-state index is 15.4. The van der Waals surface area contributed by atoms with Crippen LogP contribution in [0.1, 0.15) is 34.0 Å². The first kappa shape index (κ1) is 37.0. The monoisotopic (exact) mass is 725 g/mol. The Morgan fingerprint density at radius 3 is 2.47 bits per heavy atom. The molecule has 1 saturated heterocycles. The number of aryl methyl sites for hydroxylation is 2. The molecule has 2 aromatic carbocycles. The summed E-state index contributed by atoms with van der Waals surface area (Å²) in [4.78, 5) is 57.4. The highest BCUT2D eigenvalue weighted by molar-refractivity contribution is 5.98. The number of aromatic nitrogens is 3. The lowest BCUT2D eigenvalue weighted by atomic mass is 10.00. The molecule has 2 aromatic heterocycles. The second kappa shape index (κ2) is 14.2. The van der Waals surface area contributed by atoms with Crippen LogP contribution in [-0.2, 0) is 33.9 Å². The van der Waals surface area contributed by atoms with Gasteiger partial charge in [0.2, 0.25) is 0 Å². The van der Waals surface area contributed by atoms with Gasteiger partial charge in [-0.3, -0.25) is 19.1 Å². The Balaban J connectivity index is 1.49. The second-order valence-corrected chi connectivity index (χ2v) is 11.7. The van der Waals surface area contributed by atoms with Crippen LogP contribution in [0.15, 0.2) is 58.4 Å². The number of hydrogen-bond donors (Lipinski definition) is 1. The number of pyridine rings is 1. The first-order chi connectivity index (χ1) is 23.9. The number of nitrogens with zero attached hydrogens (tertiary/aromatic N) is 4. The number of hydrogen-bond acceptors (Lipinski definition) is 8. The number of amides is 1. The number of ether oxygens (including phenoxy) is 2. The van der Waals surface area contributed by atoms with Crippen molar-refractivity contribution in [2.24, 2.45) is 7.05 Å². The molecule has 1 aliphatic heterocycles. The molecule has 51 heavy (non-hydrogen) atoms. The molecule has 3 heterocycles. The van der Waals surface area contributed by atoms with E-state index in [-0.39, 0.29) is 47.5 Å². The first-order valence-electron chi connectivity index (χ1n) is 15.4. The van der Waals surface area contributed by atoms with Gasteiger partial charge >= 0.3 is 24.0 Å². The Hall–Kier alpha value is -5.26. The third-order valence-electron chi connectivity index (χ3n) is 8.33. The van der Waals surface area contributed by atoms with Crippen LogP contribution in [0.25, 0.3) is 16.6 Å². The molecule has 4 aromatic rings. The van der Waals surface area contributed by atoms with Gasteiger partial charge in [0, 0.05) is 31.9 Å². The van der Waals surface area contributed by atoms with Crippen molar-refractivity contribution in [2.75, 3.05) is 31.3 Å². The van der Waals surface area contributed by atoms with E-state index >= 15 is 4.39 Å². The largest absolute Gasteiger partial charge is 0.464 e. The summed E-state index contributed by atoms with van der Waals surface area (Å²) in [5.41, 5.74) is -5.26. The number of halogens is 7. The molecule has 2 atom stereocenters. The summed E-state index contributed by atoms with van der Waals surface area (Å²) in [7, 11) is 1.26. The van der Waals surface area contributed by atoms with Crippen molar-refractivity contribution in [3.63, 3.8) is 0 Å². The van der Waals surface area contributed by atoms with E-state index in [4.69, 9.17) is 9.47 Å². The highest BCUT2D eigenvalue weighted by atomic mass is 19.4. The van der Waals surface area contributed by atoms with Crippen molar-refractivity contribution >= 4 is 28.5 Å². The highest BCUT2D eigenvalue weighted by Crippen LogP contribution is 2.35. The number of rotatable bonds is 8. The number of morpholine rings is 1. The van der Waals surface area contributed by atoms with Crippen molar-refractivity contribution in [1.82, 2.24) is 19.4 Å². The molecule has 0 aliphatic carbocycles. The maximum Gasteiger partial charge on any atom is 0.418 e. The second-order valence-electron chi connectivity index (χ2n) is 11.7. The summed E-state index contributed by atoms with van der Waals surface area (Å²) < 4.78 is 111. The molecule has 0 spiro atoms. The molecule has 1 aliphatic rings. The third-order valence-corrected chi connectivity index (χ3v) is 8.33. The minimum atomic E-state index is -5.11. The van der Waals surface area contributed by atoms with Crippen LogP contribution < -0.4 is 21.5 Å². The molecule has 0 radical (unpaired) electrons. The van der Waals surface area contributed by atoms with Crippen LogP contribution in [0.3, 0.4) is 0 Å². The minimum Gasteiger partial charge on any atom is -0.464 e. The fraction of sp³-hybridized carbons (Fsp3) is 0.364. The van der Waals surface area contributed by atoms with E-state index in [0.717, 1.165) is 27.7 Å². The van der Waals surface area contributed by atoms with E-state index in [9.17, 15) is 45.5 Å². The van der Waals surface area contributed by atoms with Gasteiger partial charge in [0.15, 0.2) is 0 Å². The third kappa shape index (κ3) is 7.45. The lowest BCUT2D eigenvalue weighted by molar-refractivity contribution is -0.167. The number of carbonyl (C=O) groups excluding carboxylic acids is 2. The van der Waals surface area contributed by atoms with Crippen molar-refractivity contribution in [3.05, 3.63) is 97.7 Å². The number of carbonyl (C=O) groups is 2. The summed E-state index contributed by atoms with van der Waals surface area (Å²) in [6, 6.07) is 2.04. The number of anilines is 1. The van der Waals surface area contributed by atoms with E-state index < -0.39 is 83.2 Å². The molecule has 0 bridgehead atoms. The Morgan fingerprint density at radius 2 is 1.82 bits per heavy atom. The van der Waals surface area contributed by atoms with E-state index in [0.29, 0.717) is 10.6 Å². The lowest BCUT2D eigenvalue weighted by Gasteiger charge is -2.38. The molecule has 0 saturated carbocycles. The molecular formula is C33H30F7N5O6. The quantitative estimate of drug-likeness (QED) is 0.212. The van der Waals surface area contributed by atoms with Crippen LogP contribution >= 0.6 is 0 Å². The Labute approximate surface area is 284 Å². The summed E-state index contributed by atoms with van der Waals surface area (Å²) in [5, 5.41) is 2.19. The van der Waals surface area contributed by atoms with Gasteiger partial charge in [-0.25, -0.2) is 18.5 Å². The molecule has 0 unspecified atom stereocenters. The molecular weight excluding hydrogens is 695 g/mol. The van der Waals surface area contributed by atoms with E-state index in [1.807, 2.05) is 0 Å². The topological polar surface area (TPSA) is 125 Å². The Morgan fingerprint density at radius 1 is 1.10 bits per heavy atom. The van der Waals surface area contributed by atoms with Gasteiger partial charge in [0.05, 0.1) is 53.7 Å². The zero-order valence-corrected chi connectivity index (χ0v) is 27.2. The molecule has 11 nitrogen and oxygen atoms in total. The van der Waals surface area contributed by atoms with Gasteiger partial charge in [0.1, 0.15) is 17.9 Å². The van der Waals surface area contributed by atoms with Crippen molar-refractivity contribution in [3.8, 4) is 5.69 Å². The highest BCUT2D eigenvalue weighted by Gasteiger charge is 2.46. The van der Waals surface area contributed by atoms with Gasteiger partial charge in [-0.05, 0) is 55.3 Å². The molecule has 272 valence electrons. The van der Waals surface area contributed by atoms with Crippen LogP contribution in [0.5, 0.6) is 0 Å². The summed E-state index contributed by atoms with van der Waals surface area (Å²) in [6.07, 6.45) is -7.96. The van der Waals surface area contributed by atoms with Crippen molar-refractivity contribution < 1.29 is 49.8 Å². The standard InChI is InChI=1S/C33H30F7N5O6/c1-4-51-30(48)23(42-28(46)27-17(2)11-19(14-22(27)34)44-9-10-50-16-26(44)33(38,39)40)13-18-5-6-24(21(12-18)32(35,36)37)45-29(47)20-7-8-41-15-25(20)43(3)31(45)49/h5-8,11-12,14-15,23,26H,4,9-10,13,16H2,1-3H3,(H,42,46)/t23-,26+/m0/s1. The molecule has 1 N–H and O–H groups in total. The number of esters is 1. The summed E-state index contributed by atoms with van der Waals surface area (Å²) >= 11 is 0. The van der Waals surface area contributed by atoms with Crippen molar-refractivity contribution in [2.45, 2.75) is 44.7 Å². The van der Waals surface area contributed by atoms with Gasteiger partial charge in [0.25, 0.3) is 11.5 Å². The lowest BCUT2D eigenvalue weighted by Crippen LogP contribution is -2.53. The smallest absolute Gasteiger partial charge is 0.418 e. The van der Waals surface area contributed by atoms with E-state index in [1.54, 1.807) is 0 Å². The fourth-order valence-electron chi connectivity index (χ4n) is 5.90. The van der Waals surface area contributed by atoms with Crippen LogP contribution in [-0.4, -0.2) is 70.6 Å². The molecule has 18 heteroatoms. The average molecular weight is 726 g/mol. The van der Waals surface area contributed by atoms with Crippen LogP contribution in [0.2, 0.25) is 0 Å². The SMILES string of the molecule is CCOC(=O)[C@H](Cc1ccc(-n2c(=O)c3ccncc3n(C)c2=O)c(C(F)(F)F)c1)NC(=O)c1c(C)cc(N2CCOC[C@@H]2C(F)(F)F)cc1F. The minimum absolute atomic E-state index is 0.0545.